The number of aliphatic hydroxyl groups is 2. The molecule has 1 amide bonds. The molecular weight excluding hydrogens is 217 g/mol. The van der Waals surface area contributed by atoms with Gasteiger partial charge in [0.25, 0.3) is 0 Å². The number of hydrogen-bond acceptors (Lipinski definition) is 4. The Labute approximate surface area is 87.5 Å². The molecule has 1 aromatic carbocycles. The average Bonchev–Trinajstić information content (AvgIpc) is 2.26. The molecule has 1 unspecified atom stereocenters. The molecule has 15 heavy (non-hydrogen) atoms. The second-order valence-corrected chi connectivity index (χ2v) is 4.34. The van der Waals surface area contributed by atoms with E-state index in [2.05, 4.69) is 5.32 Å². The fourth-order valence-corrected chi connectivity index (χ4v) is 1.40. The van der Waals surface area contributed by atoms with Crippen LogP contribution in [0.15, 0.2) is 30.3 Å². The zero-order valence-electron chi connectivity index (χ0n) is 7.83. The average molecular weight is 228 g/mol. The van der Waals surface area contributed by atoms with Crippen LogP contribution >= 0.6 is 7.80 Å². The predicted molar refractivity (Wildman–Crippen MR) is 54.5 cm³/mol. The predicted octanol–water partition coefficient (Wildman–Crippen LogP) is 0.992. The van der Waals surface area contributed by atoms with Crippen LogP contribution in [-0.4, -0.2) is 21.9 Å². The van der Waals surface area contributed by atoms with Gasteiger partial charge in [0.05, 0.1) is 0 Å². The summed E-state index contributed by atoms with van der Waals surface area (Å²) < 4.78 is 10.9. The second kappa shape index (κ2) is 5.56. The molecule has 0 aliphatic heterocycles. The third-order valence-electron chi connectivity index (χ3n) is 1.70. The lowest BCUT2D eigenvalue weighted by Crippen LogP contribution is -2.20. The minimum absolute atomic E-state index is 0.216. The van der Waals surface area contributed by atoms with E-state index in [0.717, 1.165) is 5.56 Å². The van der Waals surface area contributed by atoms with Crippen molar-refractivity contribution >= 4 is 13.4 Å². The quantitative estimate of drug-likeness (QED) is 0.529. The Balaban J connectivity index is 2.45. The highest BCUT2D eigenvalue weighted by molar-refractivity contribution is 7.63. The van der Waals surface area contributed by atoms with Crippen molar-refractivity contribution in [1.29, 1.82) is 0 Å². The summed E-state index contributed by atoms with van der Waals surface area (Å²) >= 11 is 0. The highest BCUT2D eigenvalue weighted by atomic mass is 31.1. The topological polar surface area (TPSA) is 86.6 Å². The lowest BCUT2D eigenvalue weighted by Gasteiger charge is -1.98. The Morgan fingerprint density at radius 2 is 1.93 bits per heavy atom. The van der Waals surface area contributed by atoms with Gasteiger partial charge in [-0.3, -0.25) is 0 Å². The van der Waals surface area contributed by atoms with Crippen molar-refractivity contribution in [1.82, 2.24) is 5.32 Å². The largest absolute Gasteiger partial charge is 0.501 e. The lowest BCUT2D eigenvalue weighted by atomic mass is 10.2. The maximum absolute atomic E-state index is 11.0. The van der Waals surface area contributed by atoms with Gasteiger partial charge in [-0.2, -0.15) is 0 Å². The summed E-state index contributed by atoms with van der Waals surface area (Å²) in [5.41, 5.74) is -0.00877. The summed E-state index contributed by atoms with van der Waals surface area (Å²) in [4.78, 5) is 11.0. The summed E-state index contributed by atoms with van der Waals surface area (Å²) in [5, 5.41) is 19.3. The van der Waals surface area contributed by atoms with Gasteiger partial charge in [0.1, 0.15) is 0 Å². The molecule has 1 aromatic rings. The lowest BCUT2D eigenvalue weighted by molar-refractivity contribution is 0.0330. The Bertz CT molecular complexity index is 352. The minimum Gasteiger partial charge on any atom is -0.328 e. The van der Waals surface area contributed by atoms with Crippen LogP contribution in [0.5, 0.6) is 0 Å². The summed E-state index contributed by atoms with van der Waals surface area (Å²) in [6.07, 6.45) is 0. The second-order valence-electron chi connectivity index (χ2n) is 2.82. The van der Waals surface area contributed by atoms with Gasteiger partial charge >= 0.3 is 19.5 Å². The van der Waals surface area contributed by atoms with E-state index >= 15 is 0 Å². The molecular formula is C9H11NO4P+. The third-order valence-corrected chi connectivity index (χ3v) is 2.67. The van der Waals surface area contributed by atoms with E-state index in [1.165, 1.54) is 0 Å². The van der Waals surface area contributed by atoms with Crippen molar-refractivity contribution in [3.63, 3.8) is 0 Å². The monoisotopic (exact) mass is 228 g/mol. The van der Waals surface area contributed by atoms with Crippen molar-refractivity contribution in [2.75, 3.05) is 0 Å². The van der Waals surface area contributed by atoms with E-state index in [9.17, 15) is 9.36 Å². The number of carbonyl (C=O) groups is 1. The molecule has 0 aliphatic rings. The van der Waals surface area contributed by atoms with E-state index in [1.807, 2.05) is 18.2 Å². The molecule has 0 aliphatic carbocycles. The minimum atomic E-state index is -2.69. The Morgan fingerprint density at radius 1 is 1.33 bits per heavy atom. The van der Waals surface area contributed by atoms with Crippen LogP contribution < -0.4 is 5.32 Å². The first-order valence-corrected chi connectivity index (χ1v) is 5.58. The number of nitrogens with one attached hydrogen (secondary N) is 1. The SMILES string of the molecule is O=C(NCc1ccccc1)[P+](=O)C(O)O. The van der Waals surface area contributed by atoms with Gasteiger partial charge < -0.3 is 15.5 Å². The molecule has 3 N–H and O–H groups in total. The van der Waals surface area contributed by atoms with Gasteiger partial charge in [-0.05, 0) is 5.56 Å². The van der Waals surface area contributed by atoms with Crippen molar-refractivity contribution in [2.24, 2.45) is 0 Å². The van der Waals surface area contributed by atoms with Crippen LogP contribution in [0.3, 0.4) is 0 Å². The number of rotatable bonds is 4. The standard InChI is InChI=1S/C9H10NO4P/c11-8(15(14)9(12)13)10-6-7-4-2-1-3-5-7/h1-5,9,12-13H,6H2/p+1. The maximum Gasteiger partial charge on any atom is 0.501 e. The molecule has 6 heteroatoms. The first-order valence-electron chi connectivity index (χ1n) is 4.25. The molecule has 0 heterocycles. The molecule has 0 saturated heterocycles. The van der Waals surface area contributed by atoms with E-state index < -0.39 is 19.5 Å². The van der Waals surface area contributed by atoms with Crippen LogP contribution in [0.2, 0.25) is 0 Å². The maximum atomic E-state index is 11.0. The van der Waals surface area contributed by atoms with E-state index in [0.29, 0.717) is 0 Å². The zero-order chi connectivity index (χ0) is 11.3. The molecule has 0 radical (unpaired) electrons. The summed E-state index contributed by atoms with van der Waals surface area (Å²) in [7, 11) is -2.69. The molecule has 0 saturated carbocycles. The summed E-state index contributed by atoms with van der Waals surface area (Å²) in [5.74, 6) is 0. The highest BCUT2D eigenvalue weighted by Crippen LogP contribution is 2.24. The Morgan fingerprint density at radius 3 is 2.47 bits per heavy atom. The van der Waals surface area contributed by atoms with Gasteiger partial charge in [-0.1, -0.05) is 34.9 Å². The smallest absolute Gasteiger partial charge is 0.328 e. The van der Waals surface area contributed by atoms with Gasteiger partial charge in [0.15, 0.2) is 0 Å². The Hall–Kier alpha value is -1.29. The van der Waals surface area contributed by atoms with Crippen LogP contribution in [0.4, 0.5) is 4.79 Å². The molecule has 0 bridgehead atoms. The van der Waals surface area contributed by atoms with Crippen molar-refractivity contribution < 1.29 is 19.6 Å². The number of benzene rings is 1. The van der Waals surface area contributed by atoms with E-state index in [4.69, 9.17) is 10.2 Å². The Kier molecular flexibility index (Phi) is 4.37. The van der Waals surface area contributed by atoms with Crippen molar-refractivity contribution in [3.8, 4) is 0 Å². The van der Waals surface area contributed by atoms with Crippen LogP contribution in [0.25, 0.3) is 0 Å². The molecule has 80 valence electrons. The van der Waals surface area contributed by atoms with E-state index in [-0.39, 0.29) is 6.54 Å². The van der Waals surface area contributed by atoms with Crippen molar-refractivity contribution in [3.05, 3.63) is 35.9 Å². The van der Waals surface area contributed by atoms with Crippen LogP contribution in [0.1, 0.15) is 5.56 Å². The number of hydrogen-bond donors (Lipinski definition) is 3. The van der Waals surface area contributed by atoms with Gasteiger partial charge in [-0.15, -0.1) is 0 Å². The fourth-order valence-electron chi connectivity index (χ4n) is 0.956. The molecule has 5 nitrogen and oxygen atoms in total. The molecule has 1 atom stereocenters. The number of carbonyl (C=O) groups excluding carboxylic acids is 1. The highest BCUT2D eigenvalue weighted by Gasteiger charge is 2.35. The van der Waals surface area contributed by atoms with Gasteiger partial charge in [0.2, 0.25) is 0 Å². The first-order chi connectivity index (χ1) is 7.11. The third kappa shape index (κ3) is 3.75. The summed E-state index contributed by atoms with van der Waals surface area (Å²) in [6.45, 7) is 0.216. The van der Waals surface area contributed by atoms with Crippen LogP contribution in [-0.2, 0) is 11.1 Å². The molecule has 1 rings (SSSR count). The number of amides is 1. The summed E-state index contributed by atoms with van der Waals surface area (Å²) in [6, 6.07) is 6.94. The normalized spacial score (nSPS) is 11.3. The molecule has 0 fully saturated rings. The fraction of sp³-hybridized carbons (Fsp3) is 0.222. The van der Waals surface area contributed by atoms with Crippen LogP contribution in [0, 0.1) is 0 Å². The zero-order valence-corrected chi connectivity index (χ0v) is 8.72. The van der Waals surface area contributed by atoms with Gasteiger partial charge in [0, 0.05) is 6.54 Å². The molecule has 0 aromatic heterocycles. The van der Waals surface area contributed by atoms with Gasteiger partial charge in [-0.25, -0.2) is 4.79 Å². The first kappa shape index (κ1) is 11.8. The molecule has 0 spiro atoms. The number of aliphatic hydroxyl groups excluding tert-OH is 1. The van der Waals surface area contributed by atoms with Crippen molar-refractivity contribution in [2.45, 2.75) is 12.6 Å². The van der Waals surface area contributed by atoms with E-state index in [1.54, 1.807) is 12.1 Å².